The Morgan fingerprint density at radius 1 is 0.941 bits per heavy atom. The maximum atomic E-state index is 3.94. The topological polar surface area (TPSA) is 24.1 Å². The molecule has 0 saturated heterocycles. The number of allylic oxidation sites excluding steroid dienone is 1. The quantitative estimate of drug-likeness (QED) is 0.507. The van der Waals surface area contributed by atoms with Crippen LogP contribution in [0.3, 0.4) is 0 Å². The summed E-state index contributed by atoms with van der Waals surface area (Å²) in [4.78, 5) is 0. The lowest BCUT2D eigenvalue weighted by Crippen LogP contribution is -2.23. The van der Waals surface area contributed by atoms with Crippen molar-refractivity contribution in [3.05, 3.63) is 12.3 Å². The van der Waals surface area contributed by atoms with Crippen molar-refractivity contribution in [2.45, 2.75) is 71.8 Å². The van der Waals surface area contributed by atoms with E-state index in [1.165, 1.54) is 50.8 Å². The second-order valence-electron chi connectivity index (χ2n) is 5.11. The molecule has 2 heteroatoms. The Balaban J connectivity index is 3.01. The van der Waals surface area contributed by atoms with Crippen molar-refractivity contribution in [1.82, 2.24) is 10.6 Å². The van der Waals surface area contributed by atoms with E-state index in [0.717, 1.165) is 13.0 Å². The molecule has 0 aliphatic carbocycles. The van der Waals surface area contributed by atoms with Crippen molar-refractivity contribution in [2.24, 2.45) is 0 Å². The van der Waals surface area contributed by atoms with Gasteiger partial charge in [-0.3, -0.25) is 0 Å². The predicted molar refractivity (Wildman–Crippen MR) is 78.3 cm³/mol. The Hall–Kier alpha value is -0.500. The molecule has 2 nitrogen and oxygen atoms in total. The van der Waals surface area contributed by atoms with Gasteiger partial charge in [0.2, 0.25) is 0 Å². The molecule has 0 bridgehead atoms. The molecule has 0 atom stereocenters. The summed E-state index contributed by atoms with van der Waals surface area (Å²) in [6.07, 6.45) is 9.13. The fourth-order valence-electron chi connectivity index (χ4n) is 1.74. The smallest absolute Gasteiger partial charge is 0.0143 e. The first-order valence-electron chi connectivity index (χ1n) is 7.31. The first-order chi connectivity index (χ1) is 8.16. The number of nitrogens with one attached hydrogen (secondary N) is 2. The van der Waals surface area contributed by atoms with Gasteiger partial charge in [-0.2, -0.15) is 0 Å². The van der Waals surface area contributed by atoms with Crippen LogP contribution in [0, 0.1) is 0 Å². The van der Waals surface area contributed by atoms with E-state index < -0.39 is 0 Å². The number of rotatable bonds is 12. The van der Waals surface area contributed by atoms with Crippen molar-refractivity contribution >= 4 is 0 Å². The molecule has 0 aliphatic rings. The molecule has 0 aliphatic heterocycles. The molecule has 0 spiro atoms. The van der Waals surface area contributed by atoms with Crippen molar-refractivity contribution < 1.29 is 0 Å². The average molecular weight is 240 g/mol. The largest absolute Gasteiger partial charge is 0.389 e. The highest BCUT2D eigenvalue weighted by Gasteiger charge is 1.94. The maximum Gasteiger partial charge on any atom is 0.0143 e. The zero-order valence-electron chi connectivity index (χ0n) is 12.1. The molecule has 0 amide bonds. The number of hydrogen-bond acceptors (Lipinski definition) is 2. The molecular formula is C15H32N2. The second kappa shape index (κ2) is 12.0. The van der Waals surface area contributed by atoms with Gasteiger partial charge in [-0.25, -0.2) is 0 Å². The average Bonchev–Trinajstić information content (AvgIpc) is 2.30. The van der Waals surface area contributed by atoms with E-state index >= 15 is 0 Å². The molecule has 17 heavy (non-hydrogen) atoms. The summed E-state index contributed by atoms with van der Waals surface area (Å²) < 4.78 is 0. The van der Waals surface area contributed by atoms with Gasteiger partial charge < -0.3 is 10.6 Å². The van der Waals surface area contributed by atoms with E-state index in [1.54, 1.807) is 0 Å². The van der Waals surface area contributed by atoms with E-state index in [1.807, 2.05) is 0 Å². The molecule has 0 unspecified atom stereocenters. The normalized spacial score (nSPS) is 10.8. The first kappa shape index (κ1) is 16.5. The monoisotopic (exact) mass is 240 g/mol. The van der Waals surface area contributed by atoms with Gasteiger partial charge in [-0.1, -0.05) is 53.0 Å². The molecule has 0 aromatic heterocycles. The third kappa shape index (κ3) is 13.4. The van der Waals surface area contributed by atoms with Gasteiger partial charge in [0.15, 0.2) is 0 Å². The fraction of sp³-hybridized carbons (Fsp3) is 0.867. The Kier molecular flexibility index (Phi) is 11.6. The predicted octanol–water partition coefficient (Wildman–Crippen LogP) is 3.84. The van der Waals surface area contributed by atoms with Crippen molar-refractivity contribution in [1.29, 1.82) is 0 Å². The Bertz CT molecular complexity index is 176. The van der Waals surface area contributed by atoms with E-state index in [9.17, 15) is 0 Å². The van der Waals surface area contributed by atoms with Crippen molar-refractivity contribution in [2.75, 3.05) is 13.1 Å². The minimum atomic E-state index is 0.632. The molecule has 0 rings (SSSR count). The highest BCUT2D eigenvalue weighted by Crippen LogP contribution is 2.05. The number of unbranched alkanes of at least 4 members (excludes halogenated alkanes) is 5. The van der Waals surface area contributed by atoms with Crippen LogP contribution in [0.4, 0.5) is 0 Å². The van der Waals surface area contributed by atoms with Gasteiger partial charge in [0.25, 0.3) is 0 Å². The van der Waals surface area contributed by atoms with Crippen LogP contribution < -0.4 is 10.6 Å². The van der Waals surface area contributed by atoms with Crippen LogP contribution in [0.25, 0.3) is 0 Å². The zero-order valence-corrected chi connectivity index (χ0v) is 12.1. The highest BCUT2D eigenvalue weighted by molar-refractivity contribution is 4.88. The highest BCUT2D eigenvalue weighted by atomic mass is 14.9. The molecule has 0 aromatic carbocycles. The van der Waals surface area contributed by atoms with E-state index in [0.29, 0.717) is 6.04 Å². The summed E-state index contributed by atoms with van der Waals surface area (Å²) >= 11 is 0. The Labute approximate surface area is 108 Å². The van der Waals surface area contributed by atoms with E-state index in [4.69, 9.17) is 0 Å². The SMILES string of the molecule is C=C(CC)NCCCCCCCCNC(C)C. The molecule has 0 fully saturated rings. The van der Waals surface area contributed by atoms with Gasteiger partial charge >= 0.3 is 0 Å². The summed E-state index contributed by atoms with van der Waals surface area (Å²) in [5.74, 6) is 0. The van der Waals surface area contributed by atoms with Crippen LogP contribution in [-0.4, -0.2) is 19.1 Å². The molecule has 102 valence electrons. The van der Waals surface area contributed by atoms with Crippen LogP contribution in [-0.2, 0) is 0 Å². The molecule has 0 saturated carbocycles. The van der Waals surface area contributed by atoms with Crippen LogP contribution in [0.2, 0.25) is 0 Å². The van der Waals surface area contributed by atoms with Crippen molar-refractivity contribution in [3.8, 4) is 0 Å². The summed E-state index contributed by atoms with van der Waals surface area (Å²) in [5.41, 5.74) is 1.17. The fourth-order valence-corrected chi connectivity index (χ4v) is 1.74. The molecule has 0 heterocycles. The third-order valence-electron chi connectivity index (χ3n) is 2.96. The Morgan fingerprint density at radius 2 is 1.47 bits per heavy atom. The van der Waals surface area contributed by atoms with Crippen LogP contribution >= 0.6 is 0 Å². The summed E-state index contributed by atoms with van der Waals surface area (Å²) in [6.45, 7) is 12.8. The zero-order chi connectivity index (χ0) is 12.9. The van der Waals surface area contributed by atoms with Gasteiger partial charge in [0.1, 0.15) is 0 Å². The van der Waals surface area contributed by atoms with E-state index in [2.05, 4.69) is 38.0 Å². The standard InChI is InChI=1S/C15H32N2/c1-5-15(4)17-13-11-9-7-6-8-10-12-16-14(2)3/h14,16-17H,4-13H2,1-3H3. The van der Waals surface area contributed by atoms with E-state index in [-0.39, 0.29) is 0 Å². The first-order valence-corrected chi connectivity index (χ1v) is 7.31. The molecule has 2 N–H and O–H groups in total. The van der Waals surface area contributed by atoms with Crippen LogP contribution in [0.15, 0.2) is 12.3 Å². The molecule has 0 radical (unpaired) electrons. The van der Waals surface area contributed by atoms with Gasteiger partial charge in [-0.15, -0.1) is 0 Å². The lowest BCUT2D eigenvalue weighted by molar-refractivity contribution is 0.530. The second-order valence-corrected chi connectivity index (χ2v) is 5.11. The minimum Gasteiger partial charge on any atom is -0.389 e. The third-order valence-corrected chi connectivity index (χ3v) is 2.96. The molecule has 0 aromatic rings. The summed E-state index contributed by atoms with van der Waals surface area (Å²) in [5, 5.41) is 6.81. The maximum absolute atomic E-state index is 3.94. The minimum absolute atomic E-state index is 0.632. The van der Waals surface area contributed by atoms with Gasteiger partial charge in [0, 0.05) is 18.3 Å². The summed E-state index contributed by atoms with van der Waals surface area (Å²) in [7, 11) is 0. The van der Waals surface area contributed by atoms with Gasteiger partial charge in [0.05, 0.1) is 0 Å². The van der Waals surface area contributed by atoms with Gasteiger partial charge in [-0.05, 0) is 25.8 Å². The summed E-state index contributed by atoms with van der Waals surface area (Å²) in [6, 6.07) is 0.632. The number of hydrogen-bond donors (Lipinski definition) is 2. The lowest BCUT2D eigenvalue weighted by Gasteiger charge is -2.08. The Morgan fingerprint density at radius 3 is 2.00 bits per heavy atom. The van der Waals surface area contributed by atoms with Crippen LogP contribution in [0.1, 0.15) is 65.7 Å². The van der Waals surface area contributed by atoms with Crippen LogP contribution in [0.5, 0.6) is 0 Å². The van der Waals surface area contributed by atoms with Crippen molar-refractivity contribution in [3.63, 3.8) is 0 Å². The lowest BCUT2D eigenvalue weighted by atomic mass is 10.1. The molecular weight excluding hydrogens is 208 g/mol.